The number of carbonyl (C=O) groups excluding carboxylic acids is 1. The van der Waals surface area contributed by atoms with Crippen molar-refractivity contribution in [2.24, 2.45) is 0 Å². The fraction of sp³-hybridized carbons (Fsp3) is 0.333. The molecular formula is C18H21N3O2. The Labute approximate surface area is 136 Å². The molecule has 0 bridgehead atoms. The summed E-state index contributed by atoms with van der Waals surface area (Å²) in [6, 6.07) is 13.0. The monoisotopic (exact) mass is 311 g/mol. The molecule has 1 saturated heterocycles. The van der Waals surface area contributed by atoms with Gasteiger partial charge in [0.15, 0.2) is 0 Å². The van der Waals surface area contributed by atoms with E-state index in [2.05, 4.69) is 15.2 Å². The molecule has 0 spiro atoms. The van der Waals surface area contributed by atoms with Crippen molar-refractivity contribution in [2.45, 2.75) is 25.3 Å². The van der Waals surface area contributed by atoms with Gasteiger partial charge in [-0.15, -0.1) is 0 Å². The summed E-state index contributed by atoms with van der Waals surface area (Å²) >= 11 is 0. The number of nitrogens with one attached hydrogen (secondary N) is 1. The zero-order valence-corrected chi connectivity index (χ0v) is 13.2. The zero-order chi connectivity index (χ0) is 16.1. The molecule has 1 aliphatic heterocycles. The Hall–Kier alpha value is -2.40. The van der Waals surface area contributed by atoms with E-state index in [1.165, 1.54) is 0 Å². The second kappa shape index (κ2) is 7.24. The third-order valence-corrected chi connectivity index (χ3v) is 4.04. The molecule has 1 aliphatic rings. The van der Waals surface area contributed by atoms with E-state index in [0.29, 0.717) is 11.6 Å². The Morgan fingerprint density at radius 1 is 1.22 bits per heavy atom. The lowest BCUT2D eigenvalue weighted by molar-refractivity contribution is -0.121. The summed E-state index contributed by atoms with van der Waals surface area (Å²) in [5.74, 6) is 1.27. The average molecular weight is 311 g/mol. The molecule has 23 heavy (non-hydrogen) atoms. The van der Waals surface area contributed by atoms with Gasteiger partial charge in [-0.05, 0) is 44.6 Å². The topological polar surface area (TPSA) is 54.5 Å². The maximum Gasteiger partial charge on any atom is 0.241 e. The highest BCUT2D eigenvalue weighted by molar-refractivity contribution is 5.94. The summed E-state index contributed by atoms with van der Waals surface area (Å²) in [7, 11) is 2.00. The predicted octanol–water partition coefficient (Wildman–Crippen LogP) is 3.30. The van der Waals surface area contributed by atoms with Gasteiger partial charge in [-0.3, -0.25) is 9.69 Å². The van der Waals surface area contributed by atoms with Gasteiger partial charge in [0.1, 0.15) is 5.75 Å². The molecule has 0 aliphatic carbocycles. The van der Waals surface area contributed by atoms with Gasteiger partial charge in [0.2, 0.25) is 11.8 Å². The number of pyridine rings is 1. The van der Waals surface area contributed by atoms with E-state index < -0.39 is 0 Å². The molecule has 2 heterocycles. The highest BCUT2D eigenvalue weighted by Gasteiger charge is 2.25. The predicted molar refractivity (Wildman–Crippen MR) is 89.7 cm³/mol. The normalized spacial score (nSPS) is 18.4. The third-order valence-electron chi connectivity index (χ3n) is 4.04. The molecule has 3 rings (SSSR count). The van der Waals surface area contributed by atoms with Gasteiger partial charge in [-0.1, -0.05) is 24.6 Å². The van der Waals surface area contributed by atoms with Crippen LogP contribution >= 0.6 is 0 Å². The molecule has 5 nitrogen and oxygen atoms in total. The molecule has 2 aromatic rings. The van der Waals surface area contributed by atoms with Crippen LogP contribution in [0.3, 0.4) is 0 Å². The lowest BCUT2D eigenvalue weighted by atomic mass is 10.0. The number of likely N-dealkylation sites (N-methyl/N-ethyl adjacent to an activating group) is 1. The van der Waals surface area contributed by atoms with E-state index in [4.69, 9.17) is 4.74 Å². The summed E-state index contributed by atoms with van der Waals surface area (Å²) in [5.41, 5.74) is 0.689. The van der Waals surface area contributed by atoms with Crippen molar-refractivity contribution >= 4 is 11.6 Å². The second-order valence-electron chi connectivity index (χ2n) is 5.78. The first-order valence-electron chi connectivity index (χ1n) is 7.92. The van der Waals surface area contributed by atoms with Crippen molar-refractivity contribution in [3.8, 4) is 11.6 Å². The number of piperidine rings is 1. The van der Waals surface area contributed by atoms with Crippen LogP contribution < -0.4 is 10.1 Å². The summed E-state index contributed by atoms with van der Waals surface area (Å²) in [6.45, 7) is 0.972. The lowest BCUT2D eigenvalue weighted by Gasteiger charge is -2.31. The number of anilines is 1. The first-order chi connectivity index (χ1) is 11.2. The Kier molecular flexibility index (Phi) is 4.88. The standard InChI is InChI=1S/C18H21N3O2/c1-21-12-6-5-9-16(21)18(22)20-14-10-11-17(19-13-14)23-15-7-3-2-4-8-15/h2-4,7-8,10-11,13,16H,5-6,9,12H2,1H3,(H,20,22). The molecule has 1 aromatic carbocycles. The van der Waals surface area contributed by atoms with E-state index in [9.17, 15) is 4.79 Å². The van der Waals surface area contributed by atoms with Gasteiger partial charge in [0, 0.05) is 6.07 Å². The van der Waals surface area contributed by atoms with Crippen LogP contribution in [-0.4, -0.2) is 35.4 Å². The minimum absolute atomic E-state index is 0.0331. The number of hydrogen-bond donors (Lipinski definition) is 1. The Morgan fingerprint density at radius 3 is 2.74 bits per heavy atom. The summed E-state index contributed by atoms with van der Waals surface area (Å²) in [4.78, 5) is 18.7. The maximum atomic E-state index is 12.3. The molecule has 1 amide bonds. The van der Waals surface area contributed by atoms with Gasteiger partial charge in [-0.2, -0.15) is 0 Å². The highest BCUT2D eigenvalue weighted by Crippen LogP contribution is 2.21. The van der Waals surface area contributed by atoms with E-state index in [1.54, 1.807) is 12.3 Å². The van der Waals surface area contributed by atoms with Crippen LogP contribution in [-0.2, 0) is 4.79 Å². The number of para-hydroxylation sites is 1. The molecule has 0 saturated carbocycles. The van der Waals surface area contributed by atoms with E-state index >= 15 is 0 Å². The van der Waals surface area contributed by atoms with Crippen molar-refractivity contribution in [1.29, 1.82) is 0 Å². The second-order valence-corrected chi connectivity index (χ2v) is 5.78. The number of hydrogen-bond acceptors (Lipinski definition) is 4. The highest BCUT2D eigenvalue weighted by atomic mass is 16.5. The lowest BCUT2D eigenvalue weighted by Crippen LogP contribution is -2.44. The Morgan fingerprint density at radius 2 is 2.04 bits per heavy atom. The fourth-order valence-corrected chi connectivity index (χ4v) is 2.76. The van der Waals surface area contributed by atoms with Crippen molar-refractivity contribution in [3.05, 3.63) is 48.7 Å². The summed E-state index contributed by atoms with van der Waals surface area (Å²) < 4.78 is 5.64. The van der Waals surface area contributed by atoms with Crippen LogP contribution in [0.5, 0.6) is 11.6 Å². The zero-order valence-electron chi connectivity index (χ0n) is 13.2. The molecule has 1 aromatic heterocycles. The molecular weight excluding hydrogens is 290 g/mol. The molecule has 1 atom stereocenters. The quantitative estimate of drug-likeness (QED) is 0.941. The van der Waals surface area contributed by atoms with Crippen LogP contribution in [0.2, 0.25) is 0 Å². The fourth-order valence-electron chi connectivity index (χ4n) is 2.76. The smallest absolute Gasteiger partial charge is 0.241 e. The van der Waals surface area contributed by atoms with E-state index in [0.717, 1.165) is 31.6 Å². The average Bonchev–Trinajstić information content (AvgIpc) is 2.58. The SMILES string of the molecule is CN1CCCCC1C(=O)Nc1ccc(Oc2ccccc2)nc1. The van der Waals surface area contributed by atoms with Gasteiger partial charge >= 0.3 is 0 Å². The van der Waals surface area contributed by atoms with Gasteiger partial charge in [-0.25, -0.2) is 4.98 Å². The van der Waals surface area contributed by atoms with Crippen molar-refractivity contribution < 1.29 is 9.53 Å². The molecule has 0 radical (unpaired) electrons. The van der Waals surface area contributed by atoms with E-state index in [-0.39, 0.29) is 11.9 Å². The number of aromatic nitrogens is 1. The van der Waals surface area contributed by atoms with Crippen LogP contribution in [0.25, 0.3) is 0 Å². The maximum absolute atomic E-state index is 12.3. The first-order valence-corrected chi connectivity index (χ1v) is 7.92. The van der Waals surface area contributed by atoms with Crippen LogP contribution in [0, 0.1) is 0 Å². The third kappa shape index (κ3) is 4.07. The van der Waals surface area contributed by atoms with Crippen molar-refractivity contribution in [1.82, 2.24) is 9.88 Å². The van der Waals surface area contributed by atoms with Crippen LogP contribution in [0.4, 0.5) is 5.69 Å². The number of amides is 1. The van der Waals surface area contributed by atoms with Crippen molar-refractivity contribution in [3.63, 3.8) is 0 Å². The largest absolute Gasteiger partial charge is 0.439 e. The molecule has 1 N–H and O–H groups in total. The summed E-state index contributed by atoms with van der Waals surface area (Å²) in [6.07, 6.45) is 4.79. The molecule has 5 heteroatoms. The number of rotatable bonds is 4. The number of benzene rings is 1. The van der Waals surface area contributed by atoms with Gasteiger partial charge < -0.3 is 10.1 Å². The summed E-state index contributed by atoms with van der Waals surface area (Å²) in [5, 5.41) is 2.93. The van der Waals surface area contributed by atoms with E-state index in [1.807, 2.05) is 43.4 Å². The van der Waals surface area contributed by atoms with Crippen LogP contribution in [0.15, 0.2) is 48.7 Å². The van der Waals surface area contributed by atoms with Gasteiger partial charge in [0.05, 0.1) is 17.9 Å². The van der Waals surface area contributed by atoms with Crippen LogP contribution in [0.1, 0.15) is 19.3 Å². The number of nitrogens with zero attached hydrogens (tertiary/aromatic N) is 2. The minimum Gasteiger partial charge on any atom is -0.439 e. The Balaban J connectivity index is 1.60. The molecule has 1 fully saturated rings. The number of carbonyl (C=O) groups is 1. The number of ether oxygens (including phenoxy) is 1. The number of likely N-dealkylation sites (tertiary alicyclic amines) is 1. The molecule has 1 unspecified atom stereocenters. The Bertz CT molecular complexity index is 643. The van der Waals surface area contributed by atoms with Crippen molar-refractivity contribution in [2.75, 3.05) is 18.9 Å². The molecule has 120 valence electrons. The minimum atomic E-state index is -0.0519. The van der Waals surface area contributed by atoms with Gasteiger partial charge in [0.25, 0.3) is 0 Å². The first kappa shape index (κ1) is 15.5.